The number of rotatable bonds is 4. The first-order valence-corrected chi connectivity index (χ1v) is 24.6. The molecule has 0 amide bonds. The van der Waals surface area contributed by atoms with E-state index < -0.39 is 10.8 Å². The Morgan fingerprint density at radius 3 is 1.55 bits per heavy atom. The standard InChI is InChI=1S/C66H41NOS/c1-2-19-46-42(17-1)18-15-22-47(46)43-35-37-44(38-36-43)67(45-39-40-49-48-20-3-5-23-51(48)65(58(49)41-45)53-25-7-11-31-60(53)68-61-32-12-8-26-54(61)65)59-30-16-29-57-64(59)50-21-4-6-24-52(50)66(57)55-27-9-13-33-62(55)69-63-34-14-10-28-56(63)66/h1-41H. The molecule has 0 unspecified atom stereocenters. The van der Waals surface area contributed by atoms with Crippen LogP contribution in [0.1, 0.15) is 44.5 Å². The minimum Gasteiger partial charge on any atom is -0.457 e. The van der Waals surface area contributed by atoms with E-state index in [0.717, 1.165) is 39.7 Å². The second-order valence-electron chi connectivity index (χ2n) is 18.6. The van der Waals surface area contributed by atoms with Crippen molar-refractivity contribution in [3.05, 3.63) is 293 Å². The Kier molecular flexibility index (Phi) is 8.17. The maximum absolute atomic E-state index is 6.76. The molecule has 2 nitrogen and oxygen atoms in total. The topological polar surface area (TPSA) is 12.5 Å². The van der Waals surface area contributed by atoms with Gasteiger partial charge in [-0.3, -0.25) is 0 Å². The average Bonchev–Trinajstić information content (AvgIpc) is 3.87. The first kappa shape index (κ1) is 38.7. The highest BCUT2D eigenvalue weighted by Gasteiger charge is 2.53. The predicted octanol–water partition coefficient (Wildman–Crippen LogP) is 17.3. The number of hydrogen-bond acceptors (Lipinski definition) is 3. The third-order valence-electron chi connectivity index (χ3n) is 15.4. The predicted molar refractivity (Wildman–Crippen MR) is 283 cm³/mol. The van der Waals surface area contributed by atoms with Gasteiger partial charge in [0, 0.05) is 37.9 Å². The van der Waals surface area contributed by atoms with Gasteiger partial charge in [0.25, 0.3) is 0 Å². The van der Waals surface area contributed by atoms with Crippen LogP contribution in [0, 0.1) is 0 Å². The smallest absolute Gasteiger partial charge is 0.132 e. The fourth-order valence-electron chi connectivity index (χ4n) is 12.7. The Hall–Kier alpha value is -8.37. The van der Waals surface area contributed by atoms with E-state index in [-0.39, 0.29) is 0 Å². The van der Waals surface area contributed by atoms with E-state index in [1.807, 2.05) is 11.8 Å². The molecule has 0 fully saturated rings. The summed E-state index contributed by atoms with van der Waals surface area (Å²) in [7, 11) is 0. The molecular formula is C66H41NOS. The largest absolute Gasteiger partial charge is 0.457 e. The van der Waals surface area contributed by atoms with Crippen LogP contribution in [0.3, 0.4) is 0 Å². The second kappa shape index (κ2) is 14.6. The molecule has 0 saturated heterocycles. The summed E-state index contributed by atoms with van der Waals surface area (Å²) < 4.78 is 6.76. The molecule has 11 aromatic rings. The molecule has 0 saturated carbocycles. The van der Waals surface area contributed by atoms with Crippen LogP contribution in [0.25, 0.3) is 44.2 Å². The lowest BCUT2D eigenvalue weighted by Gasteiger charge is -2.40. The molecule has 69 heavy (non-hydrogen) atoms. The molecule has 11 aromatic carbocycles. The average molecular weight is 896 g/mol. The Labute approximate surface area is 405 Å². The van der Waals surface area contributed by atoms with E-state index in [4.69, 9.17) is 4.74 Å². The lowest BCUT2D eigenvalue weighted by atomic mass is 9.66. The number of fused-ring (bicyclic) bond motifs is 19. The van der Waals surface area contributed by atoms with E-state index in [2.05, 4.69) is 254 Å². The Morgan fingerprint density at radius 1 is 0.333 bits per heavy atom. The number of benzene rings is 11. The lowest BCUT2D eigenvalue weighted by Crippen LogP contribution is -2.32. The number of para-hydroxylation sites is 2. The van der Waals surface area contributed by atoms with Crippen molar-refractivity contribution in [3.63, 3.8) is 0 Å². The first-order valence-electron chi connectivity index (χ1n) is 23.8. The van der Waals surface area contributed by atoms with Crippen molar-refractivity contribution in [2.75, 3.05) is 4.90 Å². The molecule has 0 bridgehead atoms. The number of ether oxygens (including phenoxy) is 1. The van der Waals surface area contributed by atoms with Gasteiger partial charge in [0.05, 0.1) is 16.5 Å². The highest BCUT2D eigenvalue weighted by atomic mass is 32.2. The van der Waals surface area contributed by atoms with Crippen molar-refractivity contribution in [3.8, 4) is 44.9 Å². The van der Waals surface area contributed by atoms with Crippen LogP contribution in [0.15, 0.2) is 259 Å². The molecule has 0 N–H and O–H groups in total. The van der Waals surface area contributed by atoms with Crippen LogP contribution in [0.2, 0.25) is 0 Å². The Balaban J connectivity index is 1.02. The van der Waals surface area contributed by atoms with Gasteiger partial charge in [0.1, 0.15) is 11.5 Å². The van der Waals surface area contributed by atoms with Gasteiger partial charge < -0.3 is 9.64 Å². The van der Waals surface area contributed by atoms with Gasteiger partial charge in [0.2, 0.25) is 0 Å². The van der Waals surface area contributed by atoms with Crippen LogP contribution in [-0.2, 0) is 10.8 Å². The van der Waals surface area contributed by atoms with E-state index in [0.29, 0.717) is 0 Å². The SMILES string of the molecule is c1ccc2c(c1)Oc1ccccc1C21c2ccccc2-c2ccc(N(c3ccc(-c4cccc5ccccc45)cc3)c3cccc4c3-c3ccccc3C43c4ccccc4Sc4ccccc43)cc21. The molecule has 2 aliphatic carbocycles. The molecule has 3 heteroatoms. The quantitative estimate of drug-likeness (QED) is 0.175. The summed E-state index contributed by atoms with van der Waals surface area (Å²) in [4.78, 5) is 5.13. The number of hydrogen-bond donors (Lipinski definition) is 0. The van der Waals surface area contributed by atoms with Crippen molar-refractivity contribution < 1.29 is 4.74 Å². The summed E-state index contributed by atoms with van der Waals surface area (Å²) in [5.41, 5.74) is 19.7. The fraction of sp³-hybridized carbons (Fsp3) is 0.0303. The highest BCUT2D eigenvalue weighted by Crippen LogP contribution is 2.66. The monoisotopic (exact) mass is 895 g/mol. The van der Waals surface area contributed by atoms with Gasteiger partial charge in [-0.1, -0.05) is 206 Å². The molecule has 2 spiro atoms. The minimum atomic E-state index is -0.611. The Bertz CT molecular complexity index is 3850. The summed E-state index contributed by atoms with van der Waals surface area (Å²) in [6.07, 6.45) is 0. The van der Waals surface area contributed by atoms with Gasteiger partial charge in [-0.05, 0) is 127 Å². The normalized spacial score (nSPS) is 14.4. The Morgan fingerprint density at radius 2 is 0.826 bits per heavy atom. The van der Waals surface area contributed by atoms with E-state index in [1.165, 1.54) is 87.3 Å². The van der Waals surface area contributed by atoms with E-state index >= 15 is 0 Å². The van der Waals surface area contributed by atoms with Crippen molar-refractivity contribution in [1.82, 2.24) is 0 Å². The molecule has 15 rings (SSSR count). The van der Waals surface area contributed by atoms with Crippen LogP contribution >= 0.6 is 11.8 Å². The van der Waals surface area contributed by atoms with Crippen LogP contribution in [0.5, 0.6) is 11.5 Å². The summed E-state index contributed by atoms with van der Waals surface area (Å²) in [5, 5.41) is 2.49. The molecule has 4 aliphatic rings. The molecule has 322 valence electrons. The molecule has 0 atom stereocenters. The van der Waals surface area contributed by atoms with Crippen molar-refractivity contribution in [2.24, 2.45) is 0 Å². The number of nitrogens with zero attached hydrogens (tertiary/aromatic N) is 1. The van der Waals surface area contributed by atoms with Gasteiger partial charge >= 0.3 is 0 Å². The van der Waals surface area contributed by atoms with Crippen molar-refractivity contribution in [1.29, 1.82) is 0 Å². The van der Waals surface area contributed by atoms with Gasteiger partial charge in [-0.2, -0.15) is 0 Å². The molecule has 2 heterocycles. The van der Waals surface area contributed by atoms with Gasteiger partial charge in [-0.15, -0.1) is 0 Å². The van der Waals surface area contributed by atoms with E-state index in [1.54, 1.807) is 0 Å². The zero-order valence-corrected chi connectivity index (χ0v) is 38.3. The van der Waals surface area contributed by atoms with Crippen molar-refractivity contribution >= 4 is 39.6 Å². The summed E-state index contributed by atoms with van der Waals surface area (Å²) in [6.45, 7) is 0. The molecule has 0 radical (unpaired) electrons. The van der Waals surface area contributed by atoms with Gasteiger partial charge in [0.15, 0.2) is 0 Å². The van der Waals surface area contributed by atoms with Crippen LogP contribution in [0.4, 0.5) is 17.1 Å². The summed E-state index contributed by atoms with van der Waals surface area (Å²) in [6, 6.07) is 92.4. The minimum absolute atomic E-state index is 0.510. The summed E-state index contributed by atoms with van der Waals surface area (Å²) in [5.74, 6) is 1.78. The third kappa shape index (κ3) is 5.17. The zero-order chi connectivity index (χ0) is 45.3. The van der Waals surface area contributed by atoms with Gasteiger partial charge in [-0.25, -0.2) is 0 Å². The highest BCUT2D eigenvalue weighted by molar-refractivity contribution is 7.99. The van der Waals surface area contributed by atoms with Crippen molar-refractivity contribution in [2.45, 2.75) is 20.6 Å². The molecular weight excluding hydrogens is 855 g/mol. The second-order valence-corrected chi connectivity index (χ2v) is 19.7. The van der Waals surface area contributed by atoms with E-state index in [9.17, 15) is 0 Å². The maximum Gasteiger partial charge on any atom is 0.132 e. The summed E-state index contributed by atoms with van der Waals surface area (Å²) >= 11 is 1.88. The lowest BCUT2D eigenvalue weighted by molar-refractivity contribution is 0.436. The zero-order valence-electron chi connectivity index (χ0n) is 37.4. The first-order chi connectivity index (χ1) is 34.2. The fourth-order valence-corrected chi connectivity index (χ4v) is 13.9. The van der Waals surface area contributed by atoms with Crippen LogP contribution < -0.4 is 9.64 Å². The maximum atomic E-state index is 6.76. The molecule has 2 aliphatic heterocycles. The van der Waals surface area contributed by atoms with Crippen LogP contribution in [-0.4, -0.2) is 0 Å². The number of anilines is 3. The third-order valence-corrected chi connectivity index (χ3v) is 16.6. The molecule has 0 aromatic heterocycles.